The number of halogens is 2. The van der Waals surface area contributed by atoms with E-state index in [4.69, 9.17) is 0 Å². The minimum absolute atomic E-state index is 0.0631. The minimum atomic E-state index is -0.822. The van der Waals surface area contributed by atoms with Crippen molar-refractivity contribution in [3.63, 3.8) is 0 Å². The predicted octanol–water partition coefficient (Wildman–Crippen LogP) is 0.964. The SMILES string of the molecule is CN1CC(=O)N(CC(=O)NC2(c3cc(F)cc(F)c3)CC2)C1=O. The Hall–Kier alpha value is -2.51. The van der Waals surface area contributed by atoms with Gasteiger partial charge in [0, 0.05) is 13.1 Å². The molecule has 0 bridgehead atoms. The van der Waals surface area contributed by atoms with Gasteiger partial charge in [0.1, 0.15) is 24.7 Å². The lowest BCUT2D eigenvalue weighted by Crippen LogP contribution is -2.44. The fraction of sp³-hybridized carbons (Fsp3) is 0.400. The van der Waals surface area contributed by atoms with E-state index < -0.39 is 41.6 Å². The number of imide groups is 1. The van der Waals surface area contributed by atoms with Crippen molar-refractivity contribution in [1.82, 2.24) is 15.1 Å². The van der Waals surface area contributed by atoms with Crippen LogP contribution in [0.25, 0.3) is 0 Å². The molecule has 1 saturated heterocycles. The molecule has 1 saturated carbocycles. The highest BCUT2D eigenvalue weighted by Crippen LogP contribution is 2.45. The van der Waals surface area contributed by atoms with E-state index in [0.717, 1.165) is 11.0 Å². The summed E-state index contributed by atoms with van der Waals surface area (Å²) in [7, 11) is 1.47. The molecule has 2 aliphatic rings. The molecule has 3 rings (SSSR count). The molecule has 2 fully saturated rings. The van der Waals surface area contributed by atoms with Crippen LogP contribution in [0.4, 0.5) is 13.6 Å². The van der Waals surface area contributed by atoms with Crippen LogP contribution in [-0.2, 0) is 15.1 Å². The van der Waals surface area contributed by atoms with Gasteiger partial charge >= 0.3 is 6.03 Å². The number of nitrogens with zero attached hydrogens (tertiary/aromatic N) is 2. The Morgan fingerprint density at radius 1 is 1.22 bits per heavy atom. The van der Waals surface area contributed by atoms with Crippen molar-refractivity contribution in [2.45, 2.75) is 18.4 Å². The second-order valence-electron chi connectivity index (χ2n) is 5.91. The Bertz CT molecular complexity index is 683. The molecule has 1 aliphatic heterocycles. The number of rotatable bonds is 4. The van der Waals surface area contributed by atoms with E-state index in [2.05, 4.69) is 5.32 Å². The molecule has 1 aromatic rings. The highest BCUT2D eigenvalue weighted by Gasteiger charge is 2.47. The number of likely N-dealkylation sites (N-methyl/N-ethyl adjacent to an activating group) is 1. The topological polar surface area (TPSA) is 69.7 Å². The van der Waals surface area contributed by atoms with Gasteiger partial charge in [-0.2, -0.15) is 0 Å². The van der Waals surface area contributed by atoms with E-state index >= 15 is 0 Å². The van der Waals surface area contributed by atoms with Crippen LogP contribution in [0.5, 0.6) is 0 Å². The zero-order chi connectivity index (χ0) is 16.8. The lowest BCUT2D eigenvalue weighted by Gasteiger charge is -2.20. The molecule has 1 heterocycles. The third kappa shape index (κ3) is 2.88. The maximum atomic E-state index is 13.3. The molecule has 1 N–H and O–H groups in total. The summed E-state index contributed by atoms with van der Waals surface area (Å²) in [6.45, 7) is -0.464. The number of amides is 4. The van der Waals surface area contributed by atoms with Crippen molar-refractivity contribution in [2.24, 2.45) is 0 Å². The van der Waals surface area contributed by atoms with Crippen LogP contribution in [0.1, 0.15) is 18.4 Å². The zero-order valence-corrected chi connectivity index (χ0v) is 12.4. The number of nitrogens with one attached hydrogen (secondary N) is 1. The summed E-state index contributed by atoms with van der Waals surface area (Å²) in [5.74, 6) is -2.42. The first-order valence-corrected chi connectivity index (χ1v) is 7.14. The first kappa shape index (κ1) is 15.4. The largest absolute Gasteiger partial charge is 0.345 e. The molecule has 0 unspecified atom stereocenters. The molecule has 0 radical (unpaired) electrons. The molecule has 6 nitrogen and oxygen atoms in total. The van der Waals surface area contributed by atoms with Crippen LogP contribution < -0.4 is 5.32 Å². The van der Waals surface area contributed by atoms with Crippen LogP contribution >= 0.6 is 0 Å². The number of benzene rings is 1. The summed E-state index contributed by atoms with van der Waals surface area (Å²) >= 11 is 0. The highest BCUT2D eigenvalue weighted by atomic mass is 19.1. The fourth-order valence-electron chi connectivity index (χ4n) is 2.72. The number of hydrogen-bond acceptors (Lipinski definition) is 3. The average molecular weight is 323 g/mol. The summed E-state index contributed by atoms with van der Waals surface area (Å²) in [5.41, 5.74) is -0.475. The molecule has 23 heavy (non-hydrogen) atoms. The molecular weight excluding hydrogens is 308 g/mol. The average Bonchev–Trinajstić information content (AvgIpc) is 3.18. The van der Waals surface area contributed by atoms with Gasteiger partial charge in [-0.15, -0.1) is 0 Å². The summed E-state index contributed by atoms with van der Waals surface area (Å²) < 4.78 is 26.7. The Kier molecular flexibility index (Phi) is 3.54. The van der Waals surface area contributed by atoms with E-state index in [1.54, 1.807) is 0 Å². The molecule has 1 aromatic carbocycles. The van der Waals surface area contributed by atoms with Crippen molar-refractivity contribution in [1.29, 1.82) is 0 Å². The first-order valence-electron chi connectivity index (χ1n) is 7.14. The maximum Gasteiger partial charge on any atom is 0.327 e. The van der Waals surface area contributed by atoms with Gasteiger partial charge < -0.3 is 10.2 Å². The molecule has 4 amide bonds. The van der Waals surface area contributed by atoms with Gasteiger partial charge in [-0.25, -0.2) is 13.6 Å². The van der Waals surface area contributed by atoms with E-state index in [1.165, 1.54) is 24.1 Å². The van der Waals surface area contributed by atoms with Gasteiger partial charge in [-0.1, -0.05) is 0 Å². The normalized spacial score (nSPS) is 19.3. The zero-order valence-electron chi connectivity index (χ0n) is 12.4. The third-order valence-corrected chi connectivity index (χ3v) is 4.08. The van der Waals surface area contributed by atoms with E-state index in [1.807, 2.05) is 0 Å². The van der Waals surface area contributed by atoms with Gasteiger partial charge in [0.05, 0.1) is 5.54 Å². The Morgan fingerprint density at radius 2 is 1.83 bits per heavy atom. The monoisotopic (exact) mass is 323 g/mol. The maximum absolute atomic E-state index is 13.3. The lowest BCUT2D eigenvalue weighted by atomic mass is 10.0. The van der Waals surface area contributed by atoms with Gasteiger partial charge in [0.2, 0.25) is 5.91 Å². The van der Waals surface area contributed by atoms with Crippen molar-refractivity contribution in [3.8, 4) is 0 Å². The second-order valence-corrected chi connectivity index (χ2v) is 5.91. The predicted molar refractivity (Wildman–Crippen MR) is 75.2 cm³/mol. The van der Waals surface area contributed by atoms with Gasteiger partial charge in [-0.05, 0) is 30.5 Å². The molecule has 122 valence electrons. The van der Waals surface area contributed by atoms with E-state index in [9.17, 15) is 23.2 Å². The summed E-state index contributed by atoms with van der Waals surface area (Å²) in [4.78, 5) is 37.6. The van der Waals surface area contributed by atoms with Crippen LogP contribution in [0.2, 0.25) is 0 Å². The van der Waals surface area contributed by atoms with Crippen molar-refractivity contribution in [2.75, 3.05) is 20.1 Å². The smallest absolute Gasteiger partial charge is 0.327 e. The van der Waals surface area contributed by atoms with Gasteiger partial charge in [0.15, 0.2) is 0 Å². The molecule has 1 aliphatic carbocycles. The molecule has 0 aromatic heterocycles. The van der Waals surface area contributed by atoms with Gasteiger partial charge in [0.25, 0.3) is 5.91 Å². The van der Waals surface area contributed by atoms with Crippen LogP contribution in [0, 0.1) is 11.6 Å². The van der Waals surface area contributed by atoms with Crippen molar-refractivity contribution >= 4 is 17.8 Å². The standard InChI is InChI=1S/C15H15F2N3O3/c1-19-8-13(22)20(14(19)23)7-12(21)18-15(2-3-15)9-4-10(16)6-11(17)5-9/h4-6H,2-3,7-8H2,1H3,(H,18,21). The Labute approximate surface area is 131 Å². The van der Waals surface area contributed by atoms with Gasteiger partial charge in [-0.3, -0.25) is 14.5 Å². The summed E-state index contributed by atoms with van der Waals surface area (Å²) in [5, 5.41) is 2.68. The first-order chi connectivity index (χ1) is 10.8. The summed E-state index contributed by atoms with van der Waals surface area (Å²) in [6, 6.07) is 2.58. The van der Waals surface area contributed by atoms with E-state index in [-0.39, 0.29) is 6.54 Å². The number of carbonyl (C=O) groups is 3. The third-order valence-electron chi connectivity index (χ3n) is 4.08. The van der Waals surface area contributed by atoms with Crippen molar-refractivity contribution in [3.05, 3.63) is 35.4 Å². The minimum Gasteiger partial charge on any atom is -0.345 e. The van der Waals surface area contributed by atoms with Crippen LogP contribution in [0.15, 0.2) is 18.2 Å². The van der Waals surface area contributed by atoms with E-state index in [0.29, 0.717) is 18.4 Å². The molecule has 8 heteroatoms. The Morgan fingerprint density at radius 3 is 2.30 bits per heavy atom. The van der Waals surface area contributed by atoms with Crippen LogP contribution in [-0.4, -0.2) is 47.8 Å². The summed E-state index contributed by atoms with van der Waals surface area (Å²) in [6.07, 6.45) is 1.09. The Balaban J connectivity index is 1.70. The van der Waals surface area contributed by atoms with Crippen molar-refractivity contribution < 1.29 is 23.2 Å². The second kappa shape index (κ2) is 5.29. The lowest BCUT2D eigenvalue weighted by molar-refractivity contribution is -0.131. The number of carbonyl (C=O) groups excluding carboxylic acids is 3. The molecule has 0 atom stereocenters. The van der Waals surface area contributed by atoms with Crippen LogP contribution in [0.3, 0.4) is 0 Å². The molecule has 0 spiro atoms. The number of hydrogen-bond donors (Lipinski definition) is 1. The highest BCUT2D eigenvalue weighted by molar-refractivity contribution is 6.04. The molecular formula is C15H15F2N3O3. The quantitative estimate of drug-likeness (QED) is 0.839. The number of urea groups is 1. The fourth-order valence-corrected chi connectivity index (χ4v) is 2.72.